The molecule has 4 rings (SSSR count). The summed E-state index contributed by atoms with van der Waals surface area (Å²) in [5.74, 6) is 0.908. The zero-order chi connectivity index (χ0) is 25.2. The number of nitrogens with one attached hydrogen (secondary N) is 1. The number of benzene rings is 2. The SMILES string of the molecule is COCC1(COc2cc3c(NCc4cc(F)cc(C(F)(F)F)c4)nc(C)nc3cc2OC)CCC1. The number of hydrogen-bond acceptors (Lipinski definition) is 6. The molecule has 1 aromatic heterocycles. The van der Waals surface area contributed by atoms with Crippen LogP contribution >= 0.6 is 0 Å². The molecular weight excluding hydrogens is 466 g/mol. The second-order valence-corrected chi connectivity index (χ2v) is 8.91. The van der Waals surface area contributed by atoms with Gasteiger partial charge in [0.1, 0.15) is 17.5 Å². The van der Waals surface area contributed by atoms with E-state index in [1.807, 2.05) is 0 Å². The predicted octanol–water partition coefficient (Wildman–Crippen LogP) is 5.91. The highest BCUT2D eigenvalue weighted by Crippen LogP contribution is 2.43. The number of halogens is 4. The number of rotatable bonds is 9. The molecule has 0 bridgehead atoms. The van der Waals surface area contributed by atoms with Crippen molar-refractivity contribution in [2.75, 3.05) is 32.8 Å². The lowest BCUT2D eigenvalue weighted by Gasteiger charge is -2.40. The van der Waals surface area contributed by atoms with Gasteiger partial charge in [0.25, 0.3) is 0 Å². The highest BCUT2D eigenvalue weighted by molar-refractivity contribution is 5.91. The molecule has 0 unspecified atom stereocenters. The molecule has 35 heavy (non-hydrogen) atoms. The number of fused-ring (bicyclic) bond motifs is 1. The average Bonchev–Trinajstić information content (AvgIpc) is 2.77. The molecule has 10 heteroatoms. The third-order valence-electron chi connectivity index (χ3n) is 6.24. The van der Waals surface area contributed by atoms with E-state index in [0.29, 0.717) is 53.3 Å². The summed E-state index contributed by atoms with van der Waals surface area (Å²) in [7, 11) is 3.21. The molecule has 3 aromatic rings. The van der Waals surface area contributed by atoms with E-state index in [0.717, 1.165) is 31.4 Å². The molecule has 0 spiro atoms. The van der Waals surface area contributed by atoms with Crippen molar-refractivity contribution >= 4 is 16.7 Å². The Morgan fingerprint density at radius 3 is 2.40 bits per heavy atom. The molecule has 1 fully saturated rings. The van der Waals surface area contributed by atoms with Gasteiger partial charge in [-0.05, 0) is 49.6 Å². The number of methoxy groups -OCH3 is 2. The Bertz CT molecular complexity index is 1210. The van der Waals surface area contributed by atoms with Crippen LogP contribution in [0.3, 0.4) is 0 Å². The number of ether oxygens (including phenoxy) is 3. The van der Waals surface area contributed by atoms with Crippen molar-refractivity contribution in [3.05, 3.63) is 53.1 Å². The second kappa shape index (κ2) is 9.85. The fourth-order valence-electron chi connectivity index (χ4n) is 4.31. The minimum atomic E-state index is -4.64. The van der Waals surface area contributed by atoms with E-state index in [2.05, 4.69) is 15.3 Å². The van der Waals surface area contributed by atoms with Crippen molar-refractivity contribution in [1.29, 1.82) is 0 Å². The summed E-state index contributed by atoms with van der Waals surface area (Å²) in [5.41, 5.74) is -0.361. The van der Waals surface area contributed by atoms with Crippen LogP contribution in [0.4, 0.5) is 23.4 Å². The third-order valence-corrected chi connectivity index (χ3v) is 6.24. The van der Waals surface area contributed by atoms with E-state index in [1.54, 1.807) is 26.2 Å². The molecule has 0 atom stereocenters. The van der Waals surface area contributed by atoms with Crippen LogP contribution in [-0.2, 0) is 17.5 Å². The number of hydrogen-bond donors (Lipinski definition) is 1. The lowest BCUT2D eigenvalue weighted by Crippen LogP contribution is -2.39. The first-order valence-corrected chi connectivity index (χ1v) is 11.2. The van der Waals surface area contributed by atoms with E-state index in [4.69, 9.17) is 14.2 Å². The Hall–Kier alpha value is -3.14. The minimum Gasteiger partial charge on any atom is -0.493 e. The van der Waals surface area contributed by atoms with Gasteiger partial charge in [-0.15, -0.1) is 0 Å². The monoisotopic (exact) mass is 493 g/mol. The molecule has 0 saturated heterocycles. The van der Waals surface area contributed by atoms with Gasteiger partial charge >= 0.3 is 6.18 Å². The summed E-state index contributed by atoms with van der Waals surface area (Å²) in [6.45, 7) is 2.70. The van der Waals surface area contributed by atoms with Gasteiger partial charge in [0.15, 0.2) is 11.5 Å². The number of aromatic nitrogens is 2. The van der Waals surface area contributed by atoms with Gasteiger partial charge in [0, 0.05) is 30.5 Å². The Morgan fingerprint density at radius 1 is 1.00 bits per heavy atom. The van der Waals surface area contributed by atoms with Crippen molar-refractivity contribution in [2.45, 2.75) is 38.9 Å². The van der Waals surface area contributed by atoms with Gasteiger partial charge < -0.3 is 19.5 Å². The summed E-state index contributed by atoms with van der Waals surface area (Å²) >= 11 is 0. The Labute approximate surface area is 200 Å². The molecule has 0 amide bonds. The van der Waals surface area contributed by atoms with Crippen molar-refractivity contribution in [3.8, 4) is 11.5 Å². The largest absolute Gasteiger partial charge is 0.493 e. The number of nitrogens with zero attached hydrogens (tertiary/aromatic N) is 2. The van der Waals surface area contributed by atoms with Crippen molar-refractivity contribution in [2.24, 2.45) is 5.41 Å². The summed E-state index contributed by atoms with van der Waals surface area (Å²) < 4.78 is 70.1. The molecule has 188 valence electrons. The first-order chi connectivity index (χ1) is 16.6. The normalized spacial score (nSPS) is 15.1. The smallest absolute Gasteiger partial charge is 0.416 e. The number of anilines is 1. The van der Waals surface area contributed by atoms with Crippen LogP contribution in [0.1, 0.15) is 36.2 Å². The maximum absolute atomic E-state index is 13.8. The summed E-state index contributed by atoms with van der Waals surface area (Å²) in [6, 6.07) is 5.93. The van der Waals surface area contributed by atoms with Crippen LogP contribution in [0.15, 0.2) is 30.3 Å². The van der Waals surface area contributed by atoms with Gasteiger partial charge in [0.2, 0.25) is 0 Å². The lowest BCUT2D eigenvalue weighted by molar-refractivity contribution is -0.137. The van der Waals surface area contributed by atoms with Gasteiger partial charge in [-0.1, -0.05) is 6.42 Å². The van der Waals surface area contributed by atoms with Gasteiger partial charge in [-0.2, -0.15) is 13.2 Å². The van der Waals surface area contributed by atoms with E-state index in [1.165, 1.54) is 7.11 Å². The van der Waals surface area contributed by atoms with Gasteiger partial charge in [-0.3, -0.25) is 0 Å². The molecule has 6 nitrogen and oxygen atoms in total. The van der Waals surface area contributed by atoms with Crippen LogP contribution in [0.25, 0.3) is 10.9 Å². The van der Waals surface area contributed by atoms with Crippen LogP contribution in [-0.4, -0.2) is 37.4 Å². The molecule has 1 aliphatic rings. The topological polar surface area (TPSA) is 65.5 Å². The Balaban J connectivity index is 1.63. The zero-order valence-electron chi connectivity index (χ0n) is 19.8. The molecule has 0 aliphatic heterocycles. The molecule has 2 aromatic carbocycles. The predicted molar refractivity (Wildman–Crippen MR) is 123 cm³/mol. The van der Waals surface area contributed by atoms with Gasteiger partial charge in [0.05, 0.1) is 31.4 Å². The maximum Gasteiger partial charge on any atom is 0.416 e. The zero-order valence-corrected chi connectivity index (χ0v) is 19.8. The Kier molecular flexibility index (Phi) is 7.02. The number of aryl methyl sites for hydroxylation is 1. The summed E-state index contributed by atoms with van der Waals surface area (Å²) in [4.78, 5) is 8.87. The molecule has 1 saturated carbocycles. The molecule has 1 aliphatic carbocycles. The molecular formula is C25H27F4N3O3. The molecule has 0 radical (unpaired) electrons. The van der Waals surface area contributed by atoms with E-state index in [9.17, 15) is 17.6 Å². The first-order valence-electron chi connectivity index (χ1n) is 11.2. The first kappa shape index (κ1) is 25.0. The second-order valence-electron chi connectivity index (χ2n) is 8.91. The third kappa shape index (κ3) is 5.58. The van der Waals surface area contributed by atoms with E-state index in [-0.39, 0.29) is 17.5 Å². The van der Waals surface area contributed by atoms with Crippen molar-refractivity contribution < 1.29 is 31.8 Å². The quantitative estimate of drug-likeness (QED) is 0.374. The maximum atomic E-state index is 13.8. The standard InChI is InChI=1S/C25H27F4N3O3/c1-15-31-20-11-21(34-3)22(35-14-24(13-33-2)5-4-6-24)10-19(20)23(32-15)30-12-16-7-17(25(27,28)29)9-18(26)8-16/h7-11H,4-6,12-14H2,1-3H3,(H,30,31,32). The lowest BCUT2D eigenvalue weighted by atomic mass is 9.70. The fraction of sp³-hybridized carbons (Fsp3) is 0.440. The summed E-state index contributed by atoms with van der Waals surface area (Å²) in [5, 5.41) is 3.63. The summed E-state index contributed by atoms with van der Waals surface area (Å²) in [6.07, 6.45) is -1.49. The average molecular weight is 494 g/mol. The van der Waals surface area contributed by atoms with Crippen LogP contribution in [0, 0.1) is 18.2 Å². The highest BCUT2D eigenvalue weighted by atomic mass is 19.4. The highest BCUT2D eigenvalue weighted by Gasteiger charge is 2.38. The molecule has 1 heterocycles. The van der Waals surface area contributed by atoms with Crippen molar-refractivity contribution in [3.63, 3.8) is 0 Å². The van der Waals surface area contributed by atoms with E-state index < -0.39 is 17.6 Å². The Morgan fingerprint density at radius 2 is 1.77 bits per heavy atom. The molecule has 1 N–H and O–H groups in total. The van der Waals surface area contributed by atoms with Crippen LogP contribution in [0.2, 0.25) is 0 Å². The van der Waals surface area contributed by atoms with Crippen LogP contribution in [0.5, 0.6) is 11.5 Å². The van der Waals surface area contributed by atoms with Crippen LogP contribution < -0.4 is 14.8 Å². The number of alkyl halides is 3. The minimum absolute atomic E-state index is 0.0346. The van der Waals surface area contributed by atoms with Gasteiger partial charge in [-0.25, -0.2) is 14.4 Å². The van der Waals surface area contributed by atoms with E-state index >= 15 is 0 Å². The fourth-order valence-corrected chi connectivity index (χ4v) is 4.31. The van der Waals surface area contributed by atoms with Crippen molar-refractivity contribution in [1.82, 2.24) is 9.97 Å².